The first-order chi connectivity index (χ1) is 15.9. The molecule has 1 aromatic carbocycles. The van der Waals surface area contributed by atoms with Crippen LogP contribution in [0.25, 0.3) is 16.7 Å². The number of fused-ring (bicyclic) bond motifs is 2. The summed E-state index contributed by atoms with van der Waals surface area (Å²) in [5.74, 6) is -0.691. The monoisotopic (exact) mass is 449 g/mol. The van der Waals surface area contributed by atoms with E-state index in [1.54, 1.807) is 30.9 Å². The zero-order chi connectivity index (χ0) is 23.1. The number of nitrogens with zero attached hydrogens (tertiary/aromatic N) is 5. The summed E-state index contributed by atoms with van der Waals surface area (Å²) in [5.41, 5.74) is 2.86. The summed E-state index contributed by atoms with van der Waals surface area (Å²) < 4.78 is 21.0. The lowest BCUT2D eigenvalue weighted by Gasteiger charge is -2.38. The van der Waals surface area contributed by atoms with Crippen LogP contribution in [0.3, 0.4) is 0 Å². The van der Waals surface area contributed by atoms with Crippen molar-refractivity contribution < 1.29 is 13.9 Å². The van der Waals surface area contributed by atoms with E-state index >= 15 is 0 Å². The van der Waals surface area contributed by atoms with Gasteiger partial charge in [0.1, 0.15) is 11.0 Å². The number of carbonyl (C=O) groups excluding carboxylic acids is 1. The third kappa shape index (κ3) is 3.93. The molecule has 170 valence electrons. The summed E-state index contributed by atoms with van der Waals surface area (Å²) in [5, 5.41) is 6.28. The van der Waals surface area contributed by atoms with Crippen LogP contribution in [0.2, 0.25) is 0 Å². The lowest BCUT2D eigenvalue weighted by Crippen LogP contribution is -2.54. The van der Waals surface area contributed by atoms with Crippen LogP contribution in [0.5, 0.6) is 5.88 Å². The number of pyridine rings is 1. The lowest BCUT2D eigenvalue weighted by atomic mass is 10.1. The molecule has 0 aliphatic carbocycles. The number of benzene rings is 1. The molecule has 2 atom stereocenters. The van der Waals surface area contributed by atoms with Crippen molar-refractivity contribution in [3.63, 3.8) is 0 Å². The van der Waals surface area contributed by atoms with Gasteiger partial charge in [-0.3, -0.25) is 19.2 Å². The molecule has 1 aliphatic rings. The minimum absolute atomic E-state index is 0.116. The van der Waals surface area contributed by atoms with E-state index in [0.29, 0.717) is 28.7 Å². The molecule has 0 spiro atoms. The minimum atomic E-state index is -0.571. The second-order valence-electron chi connectivity index (χ2n) is 8.30. The number of hydrogen-bond acceptors (Lipinski definition) is 7. The number of amides is 1. The predicted molar refractivity (Wildman–Crippen MR) is 123 cm³/mol. The molecule has 9 nitrogen and oxygen atoms in total. The highest BCUT2D eigenvalue weighted by atomic mass is 19.1. The summed E-state index contributed by atoms with van der Waals surface area (Å²) in [6.07, 6.45) is 6.31. The number of piperazine rings is 1. The number of halogens is 1. The van der Waals surface area contributed by atoms with Crippen LogP contribution in [0.1, 0.15) is 24.2 Å². The van der Waals surface area contributed by atoms with E-state index in [0.717, 1.165) is 18.8 Å². The molecule has 4 aromatic rings. The predicted octanol–water partition coefficient (Wildman–Crippen LogP) is 2.86. The highest BCUT2D eigenvalue weighted by Gasteiger charge is 2.24. The molecule has 0 radical (unpaired) electrons. The van der Waals surface area contributed by atoms with Crippen LogP contribution in [0.15, 0.2) is 43.0 Å². The number of aromatic nitrogens is 4. The SMILES string of the molecule is COc1cn2cc(NC(=O)c3ccc(N4C[C@@H](C)N[C@@H](C)C4)c4nccnc34)cc(F)c2n1. The van der Waals surface area contributed by atoms with Gasteiger partial charge in [0.15, 0.2) is 11.5 Å². The number of carbonyl (C=O) groups is 1. The van der Waals surface area contributed by atoms with Gasteiger partial charge >= 0.3 is 0 Å². The molecule has 1 amide bonds. The zero-order valence-electron chi connectivity index (χ0n) is 18.5. The molecule has 1 fully saturated rings. The van der Waals surface area contributed by atoms with Crippen molar-refractivity contribution in [1.29, 1.82) is 0 Å². The van der Waals surface area contributed by atoms with Gasteiger partial charge in [0.05, 0.1) is 30.2 Å². The highest BCUT2D eigenvalue weighted by Crippen LogP contribution is 2.29. The summed E-state index contributed by atoms with van der Waals surface area (Å²) >= 11 is 0. The molecule has 4 heterocycles. The molecule has 0 bridgehead atoms. The quantitative estimate of drug-likeness (QED) is 0.495. The normalized spacial score (nSPS) is 18.6. The number of nitrogens with one attached hydrogen (secondary N) is 2. The lowest BCUT2D eigenvalue weighted by molar-refractivity contribution is 0.102. The van der Waals surface area contributed by atoms with Gasteiger partial charge in [0, 0.05) is 49.8 Å². The van der Waals surface area contributed by atoms with Crippen molar-refractivity contribution in [3.8, 4) is 5.88 Å². The Labute approximate surface area is 189 Å². The maximum absolute atomic E-state index is 14.5. The Morgan fingerprint density at radius 2 is 1.88 bits per heavy atom. The molecule has 1 aliphatic heterocycles. The van der Waals surface area contributed by atoms with E-state index in [1.165, 1.54) is 17.6 Å². The van der Waals surface area contributed by atoms with Gasteiger partial charge in [-0.2, -0.15) is 4.98 Å². The average Bonchev–Trinajstić information content (AvgIpc) is 3.21. The Balaban J connectivity index is 1.49. The molecule has 5 rings (SSSR count). The van der Waals surface area contributed by atoms with Gasteiger partial charge in [0.25, 0.3) is 5.91 Å². The number of methoxy groups -OCH3 is 1. The Kier molecular flexibility index (Phi) is 5.29. The first-order valence-corrected chi connectivity index (χ1v) is 10.7. The second-order valence-corrected chi connectivity index (χ2v) is 8.30. The summed E-state index contributed by atoms with van der Waals surface area (Å²) in [6.45, 7) is 5.94. The maximum Gasteiger partial charge on any atom is 0.257 e. The van der Waals surface area contributed by atoms with Crippen LogP contribution in [-0.4, -0.2) is 57.5 Å². The molecule has 2 N–H and O–H groups in total. The fourth-order valence-electron chi connectivity index (χ4n) is 4.40. The van der Waals surface area contributed by atoms with Crippen LogP contribution in [0, 0.1) is 5.82 Å². The van der Waals surface area contributed by atoms with Gasteiger partial charge in [-0.15, -0.1) is 0 Å². The Morgan fingerprint density at radius 1 is 1.15 bits per heavy atom. The minimum Gasteiger partial charge on any atom is -0.480 e. The first kappa shape index (κ1) is 21.1. The fraction of sp³-hybridized carbons (Fsp3) is 0.304. The smallest absolute Gasteiger partial charge is 0.257 e. The number of rotatable bonds is 4. The van der Waals surface area contributed by atoms with E-state index in [1.807, 2.05) is 6.07 Å². The van der Waals surface area contributed by atoms with Crippen LogP contribution in [-0.2, 0) is 0 Å². The summed E-state index contributed by atoms with van der Waals surface area (Å²) in [4.78, 5) is 28.4. The fourth-order valence-corrected chi connectivity index (χ4v) is 4.40. The molecular weight excluding hydrogens is 425 g/mol. The van der Waals surface area contributed by atoms with Crippen LogP contribution < -0.4 is 20.3 Å². The van der Waals surface area contributed by atoms with Crippen LogP contribution >= 0.6 is 0 Å². The van der Waals surface area contributed by atoms with E-state index in [4.69, 9.17) is 4.74 Å². The van der Waals surface area contributed by atoms with E-state index in [-0.39, 0.29) is 17.2 Å². The van der Waals surface area contributed by atoms with Crippen molar-refractivity contribution in [2.24, 2.45) is 0 Å². The zero-order valence-corrected chi connectivity index (χ0v) is 18.5. The van der Waals surface area contributed by atoms with Crippen molar-refractivity contribution in [3.05, 3.63) is 54.4 Å². The summed E-state index contributed by atoms with van der Waals surface area (Å²) in [7, 11) is 1.46. The van der Waals surface area contributed by atoms with Gasteiger partial charge in [-0.25, -0.2) is 4.39 Å². The molecule has 0 unspecified atom stereocenters. The summed E-state index contributed by atoms with van der Waals surface area (Å²) in [6, 6.07) is 5.53. The van der Waals surface area contributed by atoms with Crippen molar-refractivity contribution in [2.45, 2.75) is 25.9 Å². The molecule has 10 heteroatoms. The van der Waals surface area contributed by atoms with Crippen LogP contribution in [0.4, 0.5) is 15.8 Å². The molecule has 3 aromatic heterocycles. The number of ether oxygens (including phenoxy) is 1. The number of hydrogen-bond donors (Lipinski definition) is 2. The van der Waals surface area contributed by atoms with Gasteiger partial charge in [0.2, 0.25) is 5.88 Å². The Bertz CT molecular complexity index is 1350. The maximum atomic E-state index is 14.5. The van der Waals surface area contributed by atoms with Crippen molar-refractivity contribution in [1.82, 2.24) is 24.7 Å². The molecule has 0 saturated carbocycles. The van der Waals surface area contributed by atoms with E-state index in [2.05, 4.69) is 44.3 Å². The average molecular weight is 449 g/mol. The van der Waals surface area contributed by atoms with Gasteiger partial charge in [-0.1, -0.05) is 0 Å². The van der Waals surface area contributed by atoms with E-state index < -0.39 is 11.7 Å². The standard InChI is InChI=1S/C23H24FN7O2/c1-13-9-30(10-14(2)27-13)18-5-4-16(20-21(18)26-7-6-25-20)23(32)28-15-8-17(24)22-29-19(33-3)12-31(22)11-15/h4-8,11-14,27H,9-10H2,1-3H3,(H,28,32)/t13-,14+. The number of imidazole rings is 1. The Hall–Kier alpha value is -3.79. The molecular formula is C23H24FN7O2. The van der Waals surface area contributed by atoms with Gasteiger partial charge < -0.3 is 20.3 Å². The largest absolute Gasteiger partial charge is 0.480 e. The highest BCUT2D eigenvalue weighted by molar-refractivity contribution is 6.13. The third-order valence-corrected chi connectivity index (χ3v) is 5.70. The van der Waals surface area contributed by atoms with E-state index in [9.17, 15) is 9.18 Å². The molecule has 1 saturated heterocycles. The number of anilines is 2. The second kappa shape index (κ2) is 8.28. The first-order valence-electron chi connectivity index (χ1n) is 10.7. The molecule has 33 heavy (non-hydrogen) atoms. The topological polar surface area (TPSA) is 96.7 Å². The van der Waals surface area contributed by atoms with Crippen molar-refractivity contribution >= 4 is 34.0 Å². The van der Waals surface area contributed by atoms with Gasteiger partial charge in [-0.05, 0) is 26.0 Å². The Morgan fingerprint density at radius 3 is 2.61 bits per heavy atom. The third-order valence-electron chi connectivity index (χ3n) is 5.70. The van der Waals surface area contributed by atoms with Crippen molar-refractivity contribution in [2.75, 3.05) is 30.4 Å².